The van der Waals surface area contributed by atoms with Crippen LogP contribution in [-0.4, -0.2) is 17.6 Å². The van der Waals surface area contributed by atoms with Crippen molar-refractivity contribution >= 4 is 5.97 Å². The number of hydrogen-bond donors (Lipinski definition) is 0. The van der Waals surface area contributed by atoms with Crippen LogP contribution in [-0.2, 0) is 16.1 Å². The minimum Gasteiger partial charge on any atom is -0.711 e. The number of ether oxygens (including phenoxy) is 2. The van der Waals surface area contributed by atoms with Gasteiger partial charge in [-0.3, -0.25) is 4.79 Å². The first kappa shape index (κ1) is 14.8. The van der Waals surface area contributed by atoms with E-state index in [2.05, 4.69) is 4.98 Å². The third kappa shape index (κ3) is 4.76. The van der Waals surface area contributed by atoms with Gasteiger partial charge in [-0.05, 0) is 24.0 Å². The Kier molecular flexibility index (Phi) is 5.09. The summed E-state index contributed by atoms with van der Waals surface area (Å²) in [6.45, 7) is 2.07. The van der Waals surface area contributed by atoms with Crippen molar-refractivity contribution in [3.05, 3.63) is 59.3 Å². The van der Waals surface area contributed by atoms with Crippen LogP contribution in [0.15, 0.2) is 42.7 Å². The van der Waals surface area contributed by atoms with Crippen molar-refractivity contribution in [3.8, 4) is 5.75 Å². The predicted molar refractivity (Wildman–Crippen MR) is 74.3 cm³/mol. The van der Waals surface area contributed by atoms with E-state index in [0.717, 1.165) is 5.56 Å². The quantitative estimate of drug-likeness (QED) is 0.458. The third-order valence-electron chi connectivity index (χ3n) is 2.74. The fraction of sp³-hybridized carbons (Fsp3) is 0.267. The normalized spacial score (nSPS) is 10.1. The summed E-state index contributed by atoms with van der Waals surface area (Å²) in [5, 5.41) is 11.3. The Balaban J connectivity index is 1.70. The summed E-state index contributed by atoms with van der Waals surface area (Å²) in [6, 6.07) is 9.06. The molecule has 0 atom stereocenters. The first-order valence-corrected chi connectivity index (χ1v) is 6.53. The lowest BCUT2D eigenvalue weighted by molar-refractivity contribution is -0.620. The molecule has 0 amide bonds. The summed E-state index contributed by atoms with van der Waals surface area (Å²) in [6.07, 6.45) is 2.88. The van der Waals surface area contributed by atoms with Crippen molar-refractivity contribution < 1.29 is 19.0 Å². The maximum absolute atomic E-state index is 11.5. The number of carbonyl (C=O) groups is 1. The van der Waals surface area contributed by atoms with Gasteiger partial charge in [0.05, 0.1) is 19.2 Å². The van der Waals surface area contributed by atoms with Gasteiger partial charge in [0.15, 0.2) is 6.61 Å². The minimum atomic E-state index is -0.437. The smallest absolute Gasteiger partial charge is 0.339 e. The van der Waals surface area contributed by atoms with Gasteiger partial charge >= 0.3 is 11.8 Å². The highest BCUT2D eigenvalue weighted by Crippen LogP contribution is 2.11. The monoisotopic (exact) mass is 288 g/mol. The highest BCUT2D eigenvalue weighted by Gasteiger charge is 2.10. The Labute approximate surface area is 122 Å². The molecule has 0 saturated carbocycles. The van der Waals surface area contributed by atoms with Crippen LogP contribution in [0.25, 0.3) is 0 Å². The van der Waals surface area contributed by atoms with E-state index in [9.17, 15) is 10.0 Å². The SMILES string of the molecule is Cc1ccc(OCCC(=O)OCc2nccc[n+]2[O-])cc1. The number of benzene rings is 1. The zero-order valence-corrected chi connectivity index (χ0v) is 11.7. The molecule has 0 saturated heterocycles. The largest absolute Gasteiger partial charge is 0.711 e. The molecule has 0 bridgehead atoms. The molecule has 1 aromatic heterocycles. The molecule has 0 spiro atoms. The van der Waals surface area contributed by atoms with Gasteiger partial charge in [-0.1, -0.05) is 17.7 Å². The molecule has 6 heteroatoms. The number of aryl methyl sites for hydroxylation is 1. The average molecular weight is 288 g/mol. The zero-order valence-electron chi connectivity index (χ0n) is 11.7. The molecule has 1 heterocycles. The van der Waals surface area contributed by atoms with Gasteiger partial charge in [0, 0.05) is 6.07 Å². The molecule has 0 radical (unpaired) electrons. The van der Waals surface area contributed by atoms with E-state index in [0.29, 0.717) is 10.5 Å². The summed E-state index contributed by atoms with van der Waals surface area (Å²) in [7, 11) is 0. The van der Waals surface area contributed by atoms with Crippen LogP contribution < -0.4 is 9.47 Å². The van der Waals surface area contributed by atoms with Gasteiger partial charge < -0.3 is 14.7 Å². The van der Waals surface area contributed by atoms with Crippen LogP contribution in [0.1, 0.15) is 17.8 Å². The molecule has 0 fully saturated rings. The molecule has 0 unspecified atom stereocenters. The van der Waals surface area contributed by atoms with E-state index in [4.69, 9.17) is 9.47 Å². The van der Waals surface area contributed by atoms with E-state index < -0.39 is 5.97 Å². The molecule has 110 valence electrons. The Bertz CT molecular complexity index is 599. The van der Waals surface area contributed by atoms with Crippen molar-refractivity contribution in [1.82, 2.24) is 4.98 Å². The fourth-order valence-corrected chi connectivity index (χ4v) is 1.59. The molecule has 0 N–H and O–H groups in total. The fourth-order valence-electron chi connectivity index (χ4n) is 1.59. The maximum Gasteiger partial charge on any atom is 0.339 e. The van der Waals surface area contributed by atoms with E-state index in [-0.39, 0.29) is 25.5 Å². The molecule has 21 heavy (non-hydrogen) atoms. The first-order chi connectivity index (χ1) is 10.1. The lowest BCUT2D eigenvalue weighted by Crippen LogP contribution is -2.33. The lowest BCUT2D eigenvalue weighted by atomic mass is 10.2. The minimum absolute atomic E-state index is 0.111. The summed E-state index contributed by atoms with van der Waals surface area (Å²) in [5.74, 6) is 0.411. The molecule has 2 aromatic rings. The van der Waals surface area contributed by atoms with Crippen molar-refractivity contribution in [2.45, 2.75) is 20.0 Å². The number of rotatable bonds is 6. The van der Waals surface area contributed by atoms with Gasteiger partial charge in [0.2, 0.25) is 0 Å². The van der Waals surface area contributed by atoms with Crippen molar-refractivity contribution in [2.24, 2.45) is 0 Å². The Morgan fingerprint density at radius 1 is 1.33 bits per heavy atom. The van der Waals surface area contributed by atoms with Crippen LogP contribution in [0.5, 0.6) is 5.75 Å². The molecule has 6 nitrogen and oxygen atoms in total. The Morgan fingerprint density at radius 2 is 2.10 bits per heavy atom. The molecule has 2 rings (SSSR count). The molecule has 0 aliphatic carbocycles. The number of hydrogen-bond acceptors (Lipinski definition) is 5. The predicted octanol–water partition coefficient (Wildman–Crippen LogP) is 1.54. The summed E-state index contributed by atoms with van der Waals surface area (Å²) in [4.78, 5) is 15.4. The molecule has 0 aliphatic heterocycles. The topological polar surface area (TPSA) is 75.4 Å². The highest BCUT2D eigenvalue weighted by molar-refractivity contribution is 5.69. The maximum atomic E-state index is 11.5. The van der Waals surface area contributed by atoms with Crippen LogP contribution in [0.2, 0.25) is 0 Å². The summed E-state index contributed by atoms with van der Waals surface area (Å²) in [5.41, 5.74) is 1.14. The average Bonchev–Trinajstić information content (AvgIpc) is 2.48. The van der Waals surface area contributed by atoms with Crippen molar-refractivity contribution in [3.63, 3.8) is 0 Å². The van der Waals surface area contributed by atoms with Gasteiger partial charge in [-0.15, -0.1) is 0 Å². The van der Waals surface area contributed by atoms with Crippen LogP contribution in [0.3, 0.4) is 0 Å². The lowest BCUT2D eigenvalue weighted by Gasteiger charge is -2.07. The second-order valence-corrected chi connectivity index (χ2v) is 4.43. The first-order valence-electron chi connectivity index (χ1n) is 6.53. The molecular formula is C15H16N2O4. The van der Waals surface area contributed by atoms with Gasteiger partial charge in [-0.25, -0.2) is 4.73 Å². The van der Waals surface area contributed by atoms with Gasteiger partial charge in [-0.2, -0.15) is 0 Å². The summed E-state index contributed by atoms with van der Waals surface area (Å²) >= 11 is 0. The second kappa shape index (κ2) is 7.23. The van der Waals surface area contributed by atoms with Crippen LogP contribution >= 0.6 is 0 Å². The van der Waals surface area contributed by atoms with Crippen LogP contribution in [0.4, 0.5) is 0 Å². The number of carbonyl (C=O) groups excluding carboxylic acids is 1. The van der Waals surface area contributed by atoms with Gasteiger partial charge in [0.1, 0.15) is 11.9 Å². The van der Waals surface area contributed by atoms with E-state index in [1.54, 1.807) is 0 Å². The van der Waals surface area contributed by atoms with Crippen LogP contribution in [0, 0.1) is 12.1 Å². The standard InChI is InChI=1S/C15H16N2O4/c1-12-3-5-13(6-4-12)20-10-7-15(18)21-11-14-16-8-2-9-17(14)19/h2-6,8-9H,7,10-11H2,1H3. The van der Waals surface area contributed by atoms with E-state index >= 15 is 0 Å². The van der Waals surface area contributed by atoms with E-state index in [1.165, 1.54) is 18.5 Å². The zero-order chi connectivity index (χ0) is 15.1. The van der Waals surface area contributed by atoms with Gasteiger partial charge in [0.25, 0.3) is 0 Å². The van der Waals surface area contributed by atoms with Crippen molar-refractivity contribution in [1.29, 1.82) is 0 Å². The van der Waals surface area contributed by atoms with Crippen molar-refractivity contribution in [2.75, 3.05) is 6.61 Å². The summed E-state index contributed by atoms with van der Waals surface area (Å²) < 4.78 is 11.0. The third-order valence-corrected chi connectivity index (χ3v) is 2.74. The molecular weight excluding hydrogens is 272 g/mol. The second-order valence-electron chi connectivity index (χ2n) is 4.43. The Hall–Kier alpha value is -2.63. The highest BCUT2D eigenvalue weighted by atomic mass is 16.5. The number of nitrogens with zero attached hydrogens (tertiary/aromatic N) is 2. The van der Waals surface area contributed by atoms with E-state index in [1.807, 2.05) is 31.2 Å². The number of aromatic nitrogens is 2. The number of esters is 1. The Morgan fingerprint density at radius 3 is 2.81 bits per heavy atom. The molecule has 1 aromatic carbocycles. The molecule has 0 aliphatic rings.